The van der Waals surface area contributed by atoms with Gasteiger partial charge in [-0.3, -0.25) is 4.90 Å². The third-order valence-corrected chi connectivity index (χ3v) is 5.59. The van der Waals surface area contributed by atoms with Gasteiger partial charge in [-0.15, -0.1) is 18.3 Å². The van der Waals surface area contributed by atoms with Crippen LogP contribution in [0.3, 0.4) is 0 Å². The van der Waals surface area contributed by atoms with E-state index < -0.39 is 6.36 Å². The van der Waals surface area contributed by atoms with Gasteiger partial charge in [-0.2, -0.15) is 0 Å². The number of benzene rings is 1. The Bertz CT molecular complexity index is 933. The molecule has 3 aromatic rings. The van der Waals surface area contributed by atoms with Crippen molar-refractivity contribution in [1.82, 2.24) is 24.4 Å². The number of nitrogens with zero attached hydrogens (tertiary/aromatic N) is 5. The molecule has 4 rings (SSSR count). The fraction of sp³-hybridized carbons (Fsp3) is 0.444. The lowest BCUT2D eigenvalue weighted by molar-refractivity contribution is -0.274. The van der Waals surface area contributed by atoms with Crippen LogP contribution < -0.4 is 10.1 Å². The van der Waals surface area contributed by atoms with Crippen molar-refractivity contribution in [3.05, 3.63) is 30.5 Å². The zero-order valence-electron chi connectivity index (χ0n) is 15.8. The van der Waals surface area contributed by atoms with E-state index in [0.29, 0.717) is 16.2 Å². The van der Waals surface area contributed by atoms with Crippen molar-refractivity contribution in [2.75, 3.05) is 51.6 Å². The highest BCUT2D eigenvalue weighted by Gasteiger charge is 2.31. The number of likely N-dealkylation sites (N-methyl/N-ethyl adjacent to an activating group) is 1. The molecule has 1 aliphatic heterocycles. The summed E-state index contributed by atoms with van der Waals surface area (Å²) in [5.41, 5.74) is 1.08. The second-order valence-corrected chi connectivity index (χ2v) is 7.86. The normalized spacial score (nSPS) is 16.4. The minimum Gasteiger partial charge on any atom is -0.406 e. The van der Waals surface area contributed by atoms with E-state index in [2.05, 4.69) is 37.0 Å². The molecular weight excluding hydrogens is 405 g/mol. The summed E-state index contributed by atoms with van der Waals surface area (Å²) in [7, 11) is 2.13. The SMILES string of the molecule is CN1CCN(CCNc2nn3cc(-c4cccc(OC(F)(F)F)c4)nc3s2)CC1. The molecule has 1 aromatic carbocycles. The molecule has 7 nitrogen and oxygen atoms in total. The summed E-state index contributed by atoms with van der Waals surface area (Å²) in [5, 5.41) is 8.54. The maximum atomic E-state index is 12.4. The van der Waals surface area contributed by atoms with Crippen LogP contribution in [0.4, 0.5) is 18.3 Å². The number of aromatic nitrogens is 3. The monoisotopic (exact) mass is 426 g/mol. The fourth-order valence-electron chi connectivity index (χ4n) is 3.16. The Kier molecular flexibility index (Phi) is 5.61. The predicted octanol–water partition coefficient (Wildman–Crippen LogP) is 3.02. The van der Waals surface area contributed by atoms with Crippen LogP contribution in [0, 0.1) is 0 Å². The molecule has 1 aliphatic rings. The minimum atomic E-state index is -4.72. The van der Waals surface area contributed by atoms with E-state index in [1.807, 2.05) is 0 Å². The van der Waals surface area contributed by atoms with Gasteiger partial charge in [0.05, 0.1) is 11.9 Å². The van der Waals surface area contributed by atoms with Crippen molar-refractivity contribution in [3.8, 4) is 17.0 Å². The van der Waals surface area contributed by atoms with Crippen LogP contribution >= 0.6 is 11.3 Å². The number of imidazole rings is 1. The molecule has 1 saturated heterocycles. The highest BCUT2D eigenvalue weighted by atomic mass is 32.1. The van der Waals surface area contributed by atoms with Crippen LogP contribution in [0.2, 0.25) is 0 Å². The number of ether oxygens (including phenoxy) is 1. The first-order chi connectivity index (χ1) is 13.9. The van der Waals surface area contributed by atoms with Crippen LogP contribution in [-0.2, 0) is 0 Å². The van der Waals surface area contributed by atoms with Crippen molar-refractivity contribution < 1.29 is 17.9 Å². The molecule has 0 unspecified atom stereocenters. The average Bonchev–Trinajstić information content (AvgIpc) is 3.21. The molecule has 11 heteroatoms. The van der Waals surface area contributed by atoms with Crippen LogP contribution in [0.5, 0.6) is 5.75 Å². The second-order valence-electron chi connectivity index (χ2n) is 6.91. The fourth-order valence-corrected chi connectivity index (χ4v) is 3.96. The first-order valence-corrected chi connectivity index (χ1v) is 10.0. The first-order valence-electron chi connectivity index (χ1n) is 9.23. The molecule has 1 N–H and O–H groups in total. The lowest BCUT2D eigenvalue weighted by Crippen LogP contribution is -2.45. The lowest BCUT2D eigenvalue weighted by atomic mass is 10.1. The Morgan fingerprint density at radius 1 is 1.21 bits per heavy atom. The molecule has 156 valence electrons. The number of piperazine rings is 1. The highest BCUT2D eigenvalue weighted by Crippen LogP contribution is 2.29. The van der Waals surface area contributed by atoms with E-state index in [-0.39, 0.29) is 5.75 Å². The van der Waals surface area contributed by atoms with Crippen molar-refractivity contribution in [2.24, 2.45) is 0 Å². The zero-order chi connectivity index (χ0) is 20.4. The number of hydrogen-bond donors (Lipinski definition) is 1. The van der Waals surface area contributed by atoms with Gasteiger partial charge in [-0.1, -0.05) is 23.5 Å². The van der Waals surface area contributed by atoms with Gasteiger partial charge in [0.15, 0.2) is 0 Å². The largest absolute Gasteiger partial charge is 0.573 e. The van der Waals surface area contributed by atoms with Crippen LogP contribution in [0.1, 0.15) is 0 Å². The van der Waals surface area contributed by atoms with Gasteiger partial charge in [-0.05, 0) is 19.2 Å². The Morgan fingerprint density at radius 2 is 2.00 bits per heavy atom. The Morgan fingerprint density at radius 3 is 2.72 bits per heavy atom. The molecule has 0 saturated carbocycles. The maximum Gasteiger partial charge on any atom is 0.573 e. The summed E-state index contributed by atoms with van der Waals surface area (Å²) < 4.78 is 42.8. The topological polar surface area (TPSA) is 57.9 Å². The summed E-state index contributed by atoms with van der Waals surface area (Å²) in [6, 6.07) is 5.76. The van der Waals surface area contributed by atoms with Gasteiger partial charge < -0.3 is 15.0 Å². The molecule has 3 heterocycles. The van der Waals surface area contributed by atoms with Gasteiger partial charge in [0, 0.05) is 44.8 Å². The van der Waals surface area contributed by atoms with Gasteiger partial charge in [0.2, 0.25) is 10.1 Å². The molecule has 0 radical (unpaired) electrons. The van der Waals surface area contributed by atoms with E-state index in [1.165, 1.54) is 29.5 Å². The third kappa shape index (κ3) is 5.17. The van der Waals surface area contributed by atoms with Gasteiger partial charge in [0.25, 0.3) is 0 Å². The molecule has 0 atom stereocenters. The number of alkyl halides is 3. The van der Waals surface area contributed by atoms with E-state index in [9.17, 15) is 13.2 Å². The zero-order valence-corrected chi connectivity index (χ0v) is 16.6. The van der Waals surface area contributed by atoms with Crippen molar-refractivity contribution in [1.29, 1.82) is 0 Å². The van der Waals surface area contributed by atoms with Crippen LogP contribution in [-0.4, -0.2) is 77.1 Å². The first kappa shape index (κ1) is 19.9. The van der Waals surface area contributed by atoms with Crippen molar-refractivity contribution in [2.45, 2.75) is 6.36 Å². The number of halogens is 3. The molecule has 1 fully saturated rings. The van der Waals surface area contributed by atoms with Crippen LogP contribution in [0.15, 0.2) is 30.5 Å². The number of rotatable bonds is 6. The van der Waals surface area contributed by atoms with Crippen molar-refractivity contribution >= 4 is 21.4 Å². The van der Waals surface area contributed by atoms with E-state index >= 15 is 0 Å². The predicted molar refractivity (Wildman–Crippen MR) is 105 cm³/mol. The van der Waals surface area contributed by atoms with E-state index in [1.54, 1.807) is 16.8 Å². The number of nitrogens with one attached hydrogen (secondary N) is 1. The molecule has 0 amide bonds. The van der Waals surface area contributed by atoms with E-state index in [4.69, 9.17) is 0 Å². The Hall–Kier alpha value is -2.37. The minimum absolute atomic E-state index is 0.273. The average molecular weight is 426 g/mol. The summed E-state index contributed by atoms with van der Waals surface area (Å²) in [6.45, 7) is 6.06. The Balaban J connectivity index is 1.38. The summed E-state index contributed by atoms with van der Waals surface area (Å²) >= 11 is 1.41. The van der Waals surface area contributed by atoms with Gasteiger partial charge in [-0.25, -0.2) is 9.50 Å². The van der Waals surface area contributed by atoms with Crippen molar-refractivity contribution in [3.63, 3.8) is 0 Å². The number of hydrogen-bond acceptors (Lipinski definition) is 7. The molecule has 0 aliphatic carbocycles. The Labute approximate surface area is 169 Å². The van der Waals surface area contributed by atoms with Crippen LogP contribution in [0.25, 0.3) is 16.2 Å². The number of fused-ring (bicyclic) bond motifs is 1. The molecule has 0 bridgehead atoms. The van der Waals surface area contributed by atoms with Gasteiger partial charge >= 0.3 is 6.36 Å². The summed E-state index contributed by atoms with van der Waals surface area (Å²) in [5.74, 6) is -0.273. The highest BCUT2D eigenvalue weighted by molar-refractivity contribution is 7.20. The molecule has 29 heavy (non-hydrogen) atoms. The molecular formula is C18H21F3N6OS. The maximum absolute atomic E-state index is 12.4. The lowest BCUT2D eigenvalue weighted by Gasteiger charge is -2.32. The van der Waals surface area contributed by atoms with E-state index in [0.717, 1.165) is 44.4 Å². The second kappa shape index (κ2) is 8.17. The smallest absolute Gasteiger partial charge is 0.406 e. The quantitative estimate of drug-likeness (QED) is 0.654. The third-order valence-electron chi connectivity index (χ3n) is 4.71. The number of anilines is 1. The summed E-state index contributed by atoms with van der Waals surface area (Å²) in [4.78, 5) is 9.88. The molecule has 0 spiro atoms. The molecule has 2 aromatic heterocycles. The standard InChI is InChI=1S/C18H21F3N6OS/c1-25-7-9-26(10-8-25)6-5-22-16-24-27-12-15(23-17(27)29-16)13-3-2-4-14(11-13)28-18(19,20)21/h2-4,11-12H,5-10H2,1H3,(H,22,24). The van der Waals surface area contributed by atoms with Gasteiger partial charge in [0.1, 0.15) is 5.75 Å². The summed E-state index contributed by atoms with van der Waals surface area (Å²) in [6.07, 6.45) is -3.02.